The summed E-state index contributed by atoms with van der Waals surface area (Å²) in [5.41, 5.74) is 0.936. The Balaban J connectivity index is 2.22. The van der Waals surface area contributed by atoms with Crippen molar-refractivity contribution in [1.82, 2.24) is 9.97 Å². The van der Waals surface area contributed by atoms with Crippen molar-refractivity contribution < 1.29 is 4.74 Å². The molecule has 2 heterocycles. The molecule has 5 heteroatoms. The quantitative estimate of drug-likeness (QED) is 0.835. The predicted molar refractivity (Wildman–Crippen MR) is 66.1 cm³/mol. The lowest BCUT2D eigenvalue weighted by atomic mass is 10.3. The summed E-state index contributed by atoms with van der Waals surface area (Å²) < 4.78 is 5.51. The number of hydrogen-bond donors (Lipinski definition) is 0. The van der Waals surface area contributed by atoms with Crippen molar-refractivity contribution in [3.05, 3.63) is 29.0 Å². The molecule has 0 N–H and O–H groups in total. The zero-order chi connectivity index (χ0) is 11.4. The van der Waals surface area contributed by atoms with Gasteiger partial charge in [0, 0.05) is 17.1 Å². The van der Waals surface area contributed by atoms with Crippen molar-refractivity contribution in [2.75, 3.05) is 6.61 Å². The van der Waals surface area contributed by atoms with E-state index in [1.54, 1.807) is 17.8 Å². The summed E-state index contributed by atoms with van der Waals surface area (Å²) in [7, 11) is 0. The van der Waals surface area contributed by atoms with E-state index in [1.165, 1.54) is 11.3 Å². The molecule has 0 amide bonds. The molecule has 0 aliphatic rings. The average Bonchev–Trinajstić information content (AvgIpc) is 2.74. The van der Waals surface area contributed by atoms with Gasteiger partial charge in [-0.3, -0.25) is 4.98 Å². The lowest BCUT2D eigenvalue weighted by Crippen LogP contribution is -1.95. The molecule has 16 heavy (non-hydrogen) atoms. The first kappa shape index (κ1) is 11.4. The third-order valence-electron chi connectivity index (χ3n) is 1.91. The normalized spacial score (nSPS) is 10.4. The van der Waals surface area contributed by atoms with Gasteiger partial charge < -0.3 is 4.74 Å². The molecule has 0 aliphatic heterocycles. The van der Waals surface area contributed by atoms with E-state index >= 15 is 0 Å². The predicted octanol–water partition coefficient (Wildman–Crippen LogP) is 3.65. The van der Waals surface area contributed by atoms with E-state index in [0.29, 0.717) is 11.8 Å². The van der Waals surface area contributed by atoms with Crippen LogP contribution < -0.4 is 4.74 Å². The molecule has 84 valence electrons. The smallest absolute Gasteiger partial charge is 0.140 e. The zero-order valence-electron chi connectivity index (χ0n) is 8.81. The van der Waals surface area contributed by atoms with Crippen LogP contribution >= 0.6 is 22.9 Å². The first-order valence-corrected chi connectivity index (χ1v) is 6.24. The van der Waals surface area contributed by atoms with Gasteiger partial charge in [0.05, 0.1) is 12.8 Å². The van der Waals surface area contributed by atoms with Gasteiger partial charge in [-0.05, 0) is 12.5 Å². The maximum atomic E-state index is 5.78. The Hall–Kier alpha value is -1.13. The molecule has 0 saturated carbocycles. The van der Waals surface area contributed by atoms with Gasteiger partial charge in [0.1, 0.15) is 15.9 Å². The molecule has 0 saturated heterocycles. The van der Waals surface area contributed by atoms with Crippen LogP contribution in [0.4, 0.5) is 0 Å². The number of ether oxygens (including phenoxy) is 1. The number of rotatable bonds is 4. The van der Waals surface area contributed by atoms with Crippen molar-refractivity contribution in [2.45, 2.75) is 13.3 Å². The maximum Gasteiger partial charge on any atom is 0.140 e. The SMILES string of the molecule is CCCOc1cncc(-c2nc(Cl)cs2)c1. The van der Waals surface area contributed by atoms with Crippen LogP contribution in [0.1, 0.15) is 13.3 Å². The molecule has 0 radical (unpaired) electrons. The molecule has 0 bridgehead atoms. The highest BCUT2D eigenvalue weighted by Crippen LogP contribution is 2.27. The standard InChI is InChI=1S/C11H11ClN2OS/c1-2-3-15-9-4-8(5-13-6-9)11-14-10(12)7-16-11/h4-7H,2-3H2,1H3. The second-order valence-corrected chi connectivity index (χ2v) is 4.48. The Morgan fingerprint density at radius 3 is 3.00 bits per heavy atom. The molecule has 0 atom stereocenters. The topological polar surface area (TPSA) is 35.0 Å². The van der Waals surface area contributed by atoms with Crippen LogP contribution in [0.25, 0.3) is 10.6 Å². The molecule has 2 aromatic rings. The highest BCUT2D eigenvalue weighted by molar-refractivity contribution is 7.13. The second kappa shape index (κ2) is 5.27. The molecule has 2 aromatic heterocycles. The van der Waals surface area contributed by atoms with E-state index in [0.717, 1.165) is 22.7 Å². The Kier molecular flexibility index (Phi) is 3.74. The molecule has 0 fully saturated rings. The number of aromatic nitrogens is 2. The van der Waals surface area contributed by atoms with Crippen LogP contribution in [0.15, 0.2) is 23.8 Å². The van der Waals surface area contributed by atoms with Gasteiger partial charge in [-0.1, -0.05) is 18.5 Å². The molecule has 0 spiro atoms. The van der Waals surface area contributed by atoms with E-state index < -0.39 is 0 Å². The Morgan fingerprint density at radius 1 is 1.44 bits per heavy atom. The Labute approximate surface area is 103 Å². The zero-order valence-corrected chi connectivity index (χ0v) is 10.4. The van der Waals surface area contributed by atoms with Gasteiger partial charge in [0.15, 0.2) is 0 Å². The van der Waals surface area contributed by atoms with Crippen molar-refractivity contribution in [2.24, 2.45) is 0 Å². The molecular formula is C11H11ClN2OS. The molecule has 3 nitrogen and oxygen atoms in total. The van der Waals surface area contributed by atoms with Crippen LogP contribution in [0.5, 0.6) is 5.75 Å². The fraction of sp³-hybridized carbons (Fsp3) is 0.273. The average molecular weight is 255 g/mol. The fourth-order valence-corrected chi connectivity index (χ4v) is 2.15. The van der Waals surface area contributed by atoms with E-state index in [2.05, 4.69) is 16.9 Å². The minimum Gasteiger partial charge on any atom is -0.492 e. The van der Waals surface area contributed by atoms with Gasteiger partial charge >= 0.3 is 0 Å². The first-order chi connectivity index (χ1) is 7.79. The van der Waals surface area contributed by atoms with Crippen molar-refractivity contribution >= 4 is 22.9 Å². The van der Waals surface area contributed by atoms with Crippen LogP contribution in [0.3, 0.4) is 0 Å². The minimum atomic E-state index is 0.514. The summed E-state index contributed by atoms with van der Waals surface area (Å²) in [5, 5.41) is 3.18. The molecule has 0 unspecified atom stereocenters. The van der Waals surface area contributed by atoms with Gasteiger partial charge in [-0.15, -0.1) is 11.3 Å². The van der Waals surface area contributed by atoms with Crippen molar-refractivity contribution in [1.29, 1.82) is 0 Å². The summed E-state index contributed by atoms with van der Waals surface area (Å²) in [4.78, 5) is 8.31. The van der Waals surface area contributed by atoms with Crippen LogP contribution in [-0.4, -0.2) is 16.6 Å². The first-order valence-electron chi connectivity index (χ1n) is 4.99. The van der Waals surface area contributed by atoms with Crippen molar-refractivity contribution in [3.8, 4) is 16.3 Å². The van der Waals surface area contributed by atoms with E-state index in [4.69, 9.17) is 16.3 Å². The number of pyridine rings is 1. The fourth-order valence-electron chi connectivity index (χ4n) is 1.22. The number of nitrogens with zero attached hydrogens (tertiary/aromatic N) is 2. The summed E-state index contributed by atoms with van der Waals surface area (Å²) in [6, 6.07) is 1.93. The van der Waals surface area contributed by atoms with E-state index in [1.807, 2.05) is 6.07 Å². The maximum absolute atomic E-state index is 5.78. The largest absolute Gasteiger partial charge is 0.492 e. The Bertz CT molecular complexity index is 473. The minimum absolute atomic E-state index is 0.514. The van der Waals surface area contributed by atoms with Gasteiger partial charge in [-0.25, -0.2) is 4.98 Å². The van der Waals surface area contributed by atoms with Gasteiger partial charge in [0.25, 0.3) is 0 Å². The third kappa shape index (κ3) is 2.71. The van der Waals surface area contributed by atoms with Gasteiger partial charge in [0.2, 0.25) is 0 Å². The lowest BCUT2D eigenvalue weighted by molar-refractivity contribution is 0.316. The Morgan fingerprint density at radius 2 is 2.31 bits per heavy atom. The number of halogens is 1. The van der Waals surface area contributed by atoms with E-state index in [9.17, 15) is 0 Å². The van der Waals surface area contributed by atoms with Crippen molar-refractivity contribution in [3.63, 3.8) is 0 Å². The molecule has 0 aromatic carbocycles. The second-order valence-electron chi connectivity index (χ2n) is 3.23. The molecular weight excluding hydrogens is 244 g/mol. The van der Waals surface area contributed by atoms with E-state index in [-0.39, 0.29) is 0 Å². The molecule has 0 aliphatic carbocycles. The molecule has 2 rings (SSSR count). The number of thiazole rings is 1. The lowest BCUT2D eigenvalue weighted by Gasteiger charge is -2.04. The number of hydrogen-bond acceptors (Lipinski definition) is 4. The highest BCUT2D eigenvalue weighted by Gasteiger charge is 2.05. The monoisotopic (exact) mass is 254 g/mol. The van der Waals surface area contributed by atoms with Crippen LogP contribution in [0.2, 0.25) is 5.15 Å². The van der Waals surface area contributed by atoms with Crippen LogP contribution in [-0.2, 0) is 0 Å². The summed E-state index contributed by atoms with van der Waals surface area (Å²) in [5.74, 6) is 0.769. The summed E-state index contributed by atoms with van der Waals surface area (Å²) in [6.45, 7) is 2.77. The summed E-state index contributed by atoms with van der Waals surface area (Å²) in [6.07, 6.45) is 4.44. The van der Waals surface area contributed by atoms with Crippen LogP contribution in [0, 0.1) is 0 Å². The summed E-state index contributed by atoms with van der Waals surface area (Å²) >= 11 is 7.28. The third-order valence-corrected chi connectivity index (χ3v) is 3.12. The highest BCUT2D eigenvalue weighted by atomic mass is 35.5. The van der Waals surface area contributed by atoms with Gasteiger partial charge in [-0.2, -0.15) is 0 Å².